The van der Waals surface area contributed by atoms with Gasteiger partial charge in [0, 0.05) is 12.4 Å². The van der Waals surface area contributed by atoms with Gasteiger partial charge in [-0.3, -0.25) is 4.79 Å². The summed E-state index contributed by atoms with van der Waals surface area (Å²) in [5.41, 5.74) is 0. The number of rotatable bonds is 6. The van der Waals surface area contributed by atoms with Gasteiger partial charge in [-0.05, 0) is 12.1 Å². The molecule has 1 aromatic rings. The highest BCUT2D eigenvalue weighted by Crippen LogP contribution is 2.27. The number of alkyl halides is 1. The highest BCUT2D eigenvalue weighted by atomic mass is 35.5. The third-order valence-corrected chi connectivity index (χ3v) is 3.28. The Morgan fingerprint density at radius 2 is 2.05 bits per heavy atom. The molecule has 0 bridgehead atoms. The van der Waals surface area contributed by atoms with Gasteiger partial charge >= 0.3 is 0 Å². The van der Waals surface area contributed by atoms with Gasteiger partial charge in [0.15, 0.2) is 6.10 Å². The number of likely N-dealkylation sites (tertiary alicyclic amines) is 1. The summed E-state index contributed by atoms with van der Waals surface area (Å²) in [6.45, 7) is -0.0951. The molecule has 1 aliphatic heterocycles. The molecule has 1 heterocycles. The molecule has 1 aromatic carbocycles. The third-order valence-electron chi connectivity index (χ3n) is 3.11. The SMILES string of the molecule is O=C1[C@H](Oc2ccccc2)[C@H]([C@H](O)CO)N1CCCl. The van der Waals surface area contributed by atoms with E-state index in [2.05, 4.69) is 0 Å². The average molecular weight is 286 g/mol. The van der Waals surface area contributed by atoms with Crippen LogP contribution in [0.25, 0.3) is 0 Å². The quantitative estimate of drug-likeness (QED) is 0.580. The molecule has 104 valence electrons. The van der Waals surface area contributed by atoms with E-state index in [1.165, 1.54) is 4.90 Å². The topological polar surface area (TPSA) is 70.0 Å². The summed E-state index contributed by atoms with van der Waals surface area (Å²) in [6, 6.07) is 8.35. The average Bonchev–Trinajstić information content (AvgIpc) is 2.46. The van der Waals surface area contributed by atoms with E-state index in [0.717, 1.165) is 0 Å². The smallest absolute Gasteiger partial charge is 0.266 e. The Labute approximate surface area is 116 Å². The summed E-state index contributed by atoms with van der Waals surface area (Å²) in [5, 5.41) is 18.8. The first-order valence-electron chi connectivity index (χ1n) is 6.06. The van der Waals surface area contributed by atoms with Crippen LogP contribution in [-0.4, -0.2) is 58.3 Å². The maximum atomic E-state index is 11.9. The van der Waals surface area contributed by atoms with E-state index in [0.29, 0.717) is 12.3 Å². The van der Waals surface area contributed by atoms with E-state index in [1.54, 1.807) is 24.3 Å². The van der Waals surface area contributed by atoms with Gasteiger partial charge in [0.05, 0.1) is 6.61 Å². The van der Waals surface area contributed by atoms with E-state index in [1.807, 2.05) is 6.07 Å². The molecular weight excluding hydrogens is 270 g/mol. The van der Waals surface area contributed by atoms with Crippen LogP contribution >= 0.6 is 11.6 Å². The fourth-order valence-corrected chi connectivity index (χ4v) is 2.35. The van der Waals surface area contributed by atoms with Gasteiger partial charge in [-0.25, -0.2) is 0 Å². The number of nitrogens with zero attached hydrogens (tertiary/aromatic N) is 1. The molecule has 1 saturated heterocycles. The first kappa shape index (κ1) is 14.1. The Morgan fingerprint density at radius 3 is 2.63 bits per heavy atom. The number of halogens is 1. The summed E-state index contributed by atoms with van der Waals surface area (Å²) in [6.07, 6.45) is -1.80. The van der Waals surface area contributed by atoms with Crippen LogP contribution in [-0.2, 0) is 4.79 Å². The molecule has 2 rings (SSSR count). The molecule has 0 spiro atoms. The molecule has 1 aliphatic rings. The maximum Gasteiger partial charge on any atom is 0.266 e. The lowest BCUT2D eigenvalue weighted by Gasteiger charge is -2.47. The highest BCUT2D eigenvalue weighted by Gasteiger charge is 2.52. The molecule has 6 heteroatoms. The van der Waals surface area contributed by atoms with Crippen molar-refractivity contribution in [3.05, 3.63) is 30.3 Å². The van der Waals surface area contributed by atoms with Gasteiger partial charge in [-0.15, -0.1) is 11.6 Å². The Balaban J connectivity index is 2.08. The summed E-state index contributed by atoms with van der Waals surface area (Å²) >= 11 is 5.62. The molecule has 3 atom stereocenters. The second kappa shape index (κ2) is 6.23. The Bertz CT molecular complexity index is 428. The fourth-order valence-electron chi connectivity index (χ4n) is 2.17. The van der Waals surface area contributed by atoms with Gasteiger partial charge in [0.25, 0.3) is 5.91 Å². The van der Waals surface area contributed by atoms with Gasteiger partial charge in [-0.1, -0.05) is 18.2 Å². The molecule has 5 nitrogen and oxygen atoms in total. The number of para-hydroxylation sites is 1. The van der Waals surface area contributed by atoms with Crippen molar-refractivity contribution in [1.82, 2.24) is 4.90 Å². The number of aliphatic hydroxyl groups excluding tert-OH is 2. The lowest BCUT2D eigenvalue weighted by molar-refractivity contribution is -0.174. The number of hydrogen-bond donors (Lipinski definition) is 2. The van der Waals surface area contributed by atoms with Crippen molar-refractivity contribution < 1.29 is 19.7 Å². The first-order chi connectivity index (χ1) is 9.19. The monoisotopic (exact) mass is 285 g/mol. The number of carbonyl (C=O) groups is 1. The van der Waals surface area contributed by atoms with Crippen LogP contribution in [0.3, 0.4) is 0 Å². The van der Waals surface area contributed by atoms with E-state index >= 15 is 0 Å². The molecule has 0 saturated carbocycles. The molecule has 2 N–H and O–H groups in total. The van der Waals surface area contributed by atoms with Crippen molar-refractivity contribution >= 4 is 17.5 Å². The number of aliphatic hydroxyl groups is 2. The standard InChI is InChI=1S/C13H16ClNO4/c14-6-7-15-11(10(17)8-16)12(13(15)18)19-9-4-2-1-3-5-9/h1-5,10-12,16-17H,6-8H2/t10-,11+,12-/m1/s1. The molecule has 0 unspecified atom stereocenters. The van der Waals surface area contributed by atoms with Crippen molar-refractivity contribution in [2.75, 3.05) is 19.0 Å². The normalized spacial score (nSPS) is 23.9. The minimum atomic E-state index is -1.03. The highest BCUT2D eigenvalue weighted by molar-refractivity contribution is 6.18. The number of β-lactam (4-membered cyclic amide) rings is 1. The number of amides is 1. The number of hydrogen-bond acceptors (Lipinski definition) is 4. The zero-order valence-corrected chi connectivity index (χ0v) is 11.0. The second-order valence-corrected chi connectivity index (χ2v) is 4.69. The molecule has 0 aliphatic carbocycles. The summed E-state index contributed by atoms with van der Waals surface area (Å²) < 4.78 is 5.57. The van der Waals surface area contributed by atoms with Crippen molar-refractivity contribution in [1.29, 1.82) is 0 Å². The minimum absolute atomic E-state index is 0.220. The maximum absolute atomic E-state index is 11.9. The van der Waals surface area contributed by atoms with E-state index in [4.69, 9.17) is 21.4 Å². The van der Waals surface area contributed by atoms with Crippen LogP contribution in [0.4, 0.5) is 0 Å². The number of benzene rings is 1. The van der Waals surface area contributed by atoms with Crippen LogP contribution in [0.5, 0.6) is 5.75 Å². The number of carbonyl (C=O) groups excluding carboxylic acids is 1. The zero-order chi connectivity index (χ0) is 13.8. The van der Waals surface area contributed by atoms with E-state index in [9.17, 15) is 9.90 Å². The summed E-state index contributed by atoms with van der Waals surface area (Å²) in [7, 11) is 0. The van der Waals surface area contributed by atoms with Crippen molar-refractivity contribution in [2.45, 2.75) is 18.2 Å². The predicted octanol–water partition coefficient (Wildman–Crippen LogP) is 0.237. The molecule has 1 amide bonds. The van der Waals surface area contributed by atoms with Gasteiger partial charge in [0.1, 0.15) is 17.9 Å². The van der Waals surface area contributed by atoms with Crippen LogP contribution in [0.1, 0.15) is 0 Å². The lowest BCUT2D eigenvalue weighted by atomic mass is 9.92. The summed E-state index contributed by atoms with van der Waals surface area (Å²) in [5.74, 6) is 0.613. The Kier molecular flexibility index (Phi) is 4.63. The van der Waals surface area contributed by atoms with Crippen molar-refractivity contribution in [3.8, 4) is 5.75 Å². The van der Waals surface area contributed by atoms with Gasteiger partial charge < -0.3 is 19.8 Å². The van der Waals surface area contributed by atoms with E-state index in [-0.39, 0.29) is 11.8 Å². The third kappa shape index (κ3) is 2.83. The lowest BCUT2D eigenvalue weighted by Crippen LogP contribution is -2.71. The van der Waals surface area contributed by atoms with Crippen LogP contribution < -0.4 is 4.74 Å². The Hall–Kier alpha value is -1.30. The molecular formula is C13H16ClNO4. The minimum Gasteiger partial charge on any atom is -0.478 e. The zero-order valence-electron chi connectivity index (χ0n) is 10.3. The number of ether oxygens (including phenoxy) is 1. The van der Waals surface area contributed by atoms with Gasteiger partial charge in [0.2, 0.25) is 0 Å². The second-order valence-electron chi connectivity index (χ2n) is 4.31. The van der Waals surface area contributed by atoms with Crippen molar-refractivity contribution in [3.63, 3.8) is 0 Å². The molecule has 19 heavy (non-hydrogen) atoms. The van der Waals surface area contributed by atoms with Crippen LogP contribution in [0.15, 0.2) is 30.3 Å². The van der Waals surface area contributed by atoms with Crippen LogP contribution in [0.2, 0.25) is 0 Å². The molecule has 0 aromatic heterocycles. The molecule has 0 radical (unpaired) electrons. The largest absolute Gasteiger partial charge is 0.478 e. The molecule has 1 fully saturated rings. The van der Waals surface area contributed by atoms with Crippen LogP contribution in [0, 0.1) is 0 Å². The Morgan fingerprint density at radius 1 is 1.37 bits per heavy atom. The van der Waals surface area contributed by atoms with Gasteiger partial charge in [-0.2, -0.15) is 0 Å². The summed E-state index contributed by atoms with van der Waals surface area (Å²) in [4.78, 5) is 13.4. The fraction of sp³-hybridized carbons (Fsp3) is 0.462. The van der Waals surface area contributed by atoms with Crippen molar-refractivity contribution in [2.24, 2.45) is 0 Å². The predicted molar refractivity (Wildman–Crippen MR) is 70.2 cm³/mol. The first-order valence-corrected chi connectivity index (χ1v) is 6.59. The van der Waals surface area contributed by atoms with E-state index < -0.39 is 24.9 Å².